The number of nitrogens with one attached hydrogen (secondary N) is 1. The maximum absolute atomic E-state index is 13.2. The molecule has 0 bridgehead atoms. The number of carbonyl (C=O) groups is 1. The van der Waals surface area contributed by atoms with E-state index in [0.29, 0.717) is 34.5 Å². The summed E-state index contributed by atoms with van der Waals surface area (Å²) in [5.41, 5.74) is 4.16. The fourth-order valence-electron chi connectivity index (χ4n) is 3.61. The van der Waals surface area contributed by atoms with Crippen molar-refractivity contribution in [2.24, 2.45) is 7.05 Å². The van der Waals surface area contributed by atoms with Gasteiger partial charge in [0.2, 0.25) is 5.88 Å². The monoisotopic (exact) mass is 483 g/mol. The lowest BCUT2D eigenvalue weighted by atomic mass is 10.1. The molecule has 0 spiro atoms. The zero-order valence-corrected chi connectivity index (χ0v) is 19.8. The van der Waals surface area contributed by atoms with E-state index in [1.54, 1.807) is 61.9 Å². The van der Waals surface area contributed by atoms with Crippen molar-refractivity contribution in [3.63, 3.8) is 0 Å². The summed E-state index contributed by atoms with van der Waals surface area (Å²) in [5, 5.41) is 7.22. The van der Waals surface area contributed by atoms with E-state index in [9.17, 15) is 9.18 Å². The number of carbonyl (C=O) groups excluding carboxylic acids is 1. The molecule has 5 rings (SSSR count). The Hall–Kier alpha value is -4.86. The second-order valence-corrected chi connectivity index (χ2v) is 8.13. The van der Waals surface area contributed by atoms with Gasteiger partial charge < -0.3 is 10.1 Å². The average molecular weight is 484 g/mol. The first kappa shape index (κ1) is 22.9. The van der Waals surface area contributed by atoms with E-state index in [-0.39, 0.29) is 11.7 Å². The Morgan fingerprint density at radius 2 is 1.72 bits per heavy atom. The third-order valence-electron chi connectivity index (χ3n) is 5.71. The Bertz CT molecular complexity index is 1540. The first-order valence-corrected chi connectivity index (χ1v) is 11.1. The Morgan fingerprint density at radius 1 is 0.972 bits per heavy atom. The van der Waals surface area contributed by atoms with Gasteiger partial charge in [0.05, 0.1) is 11.4 Å². The molecule has 9 nitrogen and oxygen atoms in total. The summed E-state index contributed by atoms with van der Waals surface area (Å²) in [5.74, 6) is 0.932. The maximum Gasteiger partial charge on any atom is 0.273 e. The molecule has 3 aromatic heterocycles. The van der Waals surface area contributed by atoms with Gasteiger partial charge in [-0.3, -0.25) is 14.0 Å². The molecule has 0 atom stereocenters. The molecule has 3 heterocycles. The molecule has 36 heavy (non-hydrogen) atoms. The van der Waals surface area contributed by atoms with Gasteiger partial charge in [0.25, 0.3) is 5.91 Å². The van der Waals surface area contributed by atoms with E-state index in [0.717, 1.165) is 17.0 Å². The predicted molar refractivity (Wildman–Crippen MR) is 132 cm³/mol. The van der Waals surface area contributed by atoms with Gasteiger partial charge in [-0.05, 0) is 68.4 Å². The van der Waals surface area contributed by atoms with Crippen LogP contribution in [0.5, 0.6) is 11.6 Å². The zero-order chi connectivity index (χ0) is 25.2. The van der Waals surface area contributed by atoms with Crippen LogP contribution in [0.15, 0.2) is 73.3 Å². The molecular weight excluding hydrogens is 461 g/mol. The van der Waals surface area contributed by atoms with Crippen LogP contribution in [0.4, 0.5) is 10.1 Å². The standard InChI is InChI=1S/C26H22FN7O2/c1-16-17(2)34(15-30-16)24-13-25(29-14-28-24)36-21-10-8-20(9-11-21)31-26(35)23-12-22(32-33(23)3)18-4-6-19(27)7-5-18/h4-15H,1-3H3,(H,31,35). The third-order valence-corrected chi connectivity index (χ3v) is 5.71. The molecule has 0 saturated carbocycles. The molecule has 0 aliphatic carbocycles. The molecule has 2 aromatic carbocycles. The van der Waals surface area contributed by atoms with Gasteiger partial charge in [-0.25, -0.2) is 19.3 Å². The van der Waals surface area contributed by atoms with Crippen molar-refractivity contribution < 1.29 is 13.9 Å². The van der Waals surface area contributed by atoms with Crippen LogP contribution in [0.25, 0.3) is 17.1 Å². The van der Waals surface area contributed by atoms with Crippen molar-refractivity contribution in [2.75, 3.05) is 5.32 Å². The SMILES string of the molecule is Cc1ncn(-c2cc(Oc3ccc(NC(=O)c4cc(-c5ccc(F)cc5)nn4C)cc3)ncn2)c1C. The zero-order valence-electron chi connectivity index (χ0n) is 19.8. The third kappa shape index (κ3) is 4.69. The molecule has 0 radical (unpaired) electrons. The molecule has 10 heteroatoms. The molecule has 0 aliphatic heterocycles. The van der Waals surface area contributed by atoms with Crippen molar-refractivity contribution in [3.8, 4) is 28.7 Å². The molecule has 0 fully saturated rings. The number of amides is 1. The summed E-state index contributed by atoms with van der Waals surface area (Å²) in [4.78, 5) is 25.6. The van der Waals surface area contributed by atoms with Crippen LogP contribution in [0.1, 0.15) is 21.9 Å². The number of benzene rings is 2. The predicted octanol–water partition coefficient (Wildman–Crippen LogP) is 4.86. The molecular formula is C26H22FN7O2. The van der Waals surface area contributed by atoms with E-state index in [1.807, 2.05) is 18.4 Å². The van der Waals surface area contributed by atoms with Gasteiger partial charge in [0.1, 0.15) is 35.7 Å². The summed E-state index contributed by atoms with van der Waals surface area (Å²) in [7, 11) is 1.68. The lowest BCUT2D eigenvalue weighted by Crippen LogP contribution is -2.15. The highest BCUT2D eigenvalue weighted by molar-refractivity contribution is 6.03. The van der Waals surface area contributed by atoms with Gasteiger partial charge in [-0.1, -0.05) is 0 Å². The van der Waals surface area contributed by atoms with Gasteiger partial charge in [-0.2, -0.15) is 5.10 Å². The van der Waals surface area contributed by atoms with E-state index >= 15 is 0 Å². The van der Waals surface area contributed by atoms with Crippen LogP contribution in [0.3, 0.4) is 0 Å². The summed E-state index contributed by atoms with van der Waals surface area (Å²) in [6.45, 7) is 3.90. The van der Waals surface area contributed by atoms with Crippen molar-refractivity contribution >= 4 is 11.6 Å². The quantitative estimate of drug-likeness (QED) is 0.370. The van der Waals surface area contributed by atoms with Crippen LogP contribution < -0.4 is 10.1 Å². The number of halogens is 1. The fraction of sp³-hybridized carbons (Fsp3) is 0.115. The van der Waals surface area contributed by atoms with Gasteiger partial charge in [0.15, 0.2) is 0 Å². The minimum absolute atomic E-state index is 0.321. The smallest absolute Gasteiger partial charge is 0.273 e. The first-order chi connectivity index (χ1) is 17.4. The lowest BCUT2D eigenvalue weighted by molar-refractivity contribution is 0.101. The van der Waals surface area contributed by atoms with E-state index < -0.39 is 0 Å². The number of rotatable bonds is 6. The highest BCUT2D eigenvalue weighted by Crippen LogP contribution is 2.24. The number of hydrogen-bond donors (Lipinski definition) is 1. The van der Waals surface area contributed by atoms with Crippen LogP contribution in [0, 0.1) is 19.7 Å². The second-order valence-electron chi connectivity index (χ2n) is 8.13. The Kier molecular flexibility index (Phi) is 5.99. The van der Waals surface area contributed by atoms with Gasteiger partial charge in [0, 0.05) is 30.1 Å². The van der Waals surface area contributed by atoms with E-state index in [2.05, 4.69) is 25.4 Å². The molecule has 5 aromatic rings. The number of hydrogen-bond acceptors (Lipinski definition) is 6. The number of nitrogens with zero attached hydrogens (tertiary/aromatic N) is 6. The largest absolute Gasteiger partial charge is 0.439 e. The minimum atomic E-state index is -0.330. The lowest BCUT2D eigenvalue weighted by Gasteiger charge is -2.09. The van der Waals surface area contributed by atoms with Crippen LogP contribution in [-0.2, 0) is 7.05 Å². The Balaban J connectivity index is 1.27. The number of aryl methyl sites for hydroxylation is 2. The summed E-state index contributed by atoms with van der Waals surface area (Å²) in [6, 6.07) is 16.3. The second kappa shape index (κ2) is 9.41. The molecule has 0 aliphatic rings. The highest BCUT2D eigenvalue weighted by atomic mass is 19.1. The van der Waals surface area contributed by atoms with E-state index in [1.165, 1.54) is 23.1 Å². The molecule has 0 unspecified atom stereocenters. The minimum Gasteiger partial charge on any atom is -0.439 e. The average Bonchev–Trinajstić information content (AvgIpc) is 3.43. The van der Waals surface area contributed by atoms with Gasteiger partial charge in [-0.15, -0.1) is 0 Å². The summed E-state index contributed by atoms with van der Waals surface area (Å²) >= 11 is 0. The van der Waals surface area contributed by atoms with E-state index in [4.69, 9.17) is 4.74 Å². The number of anilines is 1. The first-order valence-electron chi connectivity index (χ1n) is 11.1. The van der Waals surface area contributed by atoms with Crippen LogP contribution in [0.2, 0.25) is 0 Å². The Labute approximate surface area is 206 Å². The van der Waals surface area contributed by atoms with Gasteiger partial charge >= 0.3 is 0 Å². The number of aromatic nitrogens is 6. The molecule has 0 saturated heterocycles. The molecule has 180 valence electrons. The fourth-order valence-corrected chi connectivity index (χ4v) is 3.61. The number of imidazole rings is 1. The van der Waals surface area contributed by atoms with Crippen molar-refractivity contribution in [3.05, 3.63) is 96.2 Å². The van der Waals surface area contributed by atoms with Crippen molar-refractivity contribution in [1.82, 2.24) is 29.3 Å². The highest BCUT2D eigenvalue weighted by Gasteiger charge is 2.15. The number of ether oxygens (including phenoxy) is 1. The van der Waals surface area contributed by atoms with Crippen molar-refractivity contribution in [2.45, 2.75) is 13.8 Å². The van der Waals surface area contributed by atoms with Crippen molar-refractivity contribution in [1.29, 1.82) is 0 Å². The summed E-state index contributed by atoms with van der Waals surface area (Å²) in [6.07, 6.45) is 3.14. The molecule has 1 N–H and O–H groups in total. The van der Waals surface area contributed by atoms with Crippen LogP contribution in [-0.4, -0.2) is 35.2 Å². The topological polar surface area (TPSA) is 99.8 Å². The molecule has 1 amide bonds. The summed E-state index contributed by atoms with van der Waals surface area (Å²) < 4.78 is 22.4. The van der Waals surface area contributed by atoms with Crippen LogP contribution >= 0.6 is 0 Å². The normalized spacial score (nSPS) is 10.9. The Morgan fingerprint density at radius 3 is 2.42 bits per heavy atom. The maximum atomic E-state index is 13.2.